The predicted molar refractivity (Wildman–Crippen MR) is 109 cm³/mol. The third-order valence-electron chi connectivity index (χ3n) is 4.48. The van der Waals surface area contributed by atoms with Gasteiger partial charge >= 0.3 is 23.5 Å². The van der Waals surface area contributed by atoms with E-state index in [1.807, 2.05) is 25.1 Å². The molecule has 0 radical (unpaired) electrons. The van der Waals surface area contributed by atoms with Crippen LogP contribution >= 0.6 is 23.5 Å². The van der Waals surface area contributed by atoms with Crippen LogP contribution in [0.3, 0.4) is 0 Å². The van der Waals surface area contributed by atoms with Crippen LogP contribution in [0.5, 0.6) is 0 Å². The normalized spacial score (nSPS) is 25.3. The molecule has 1 aromatic heterocycles. The van der Waals surface area contributed by atoms with Crippen molar-refractivity contribution in [2.45, 2.75) is 31.8 Å². The molecule has 16 heteroatoms. The lowest BCUT2D eigenvalue weighted by Gasteiger charge is -2.19. The summed E-state index contributed by atoms with van der Waals surface area (Å²) in [4.78, 5) is 35.8. The fourth-order valence-corrected chi connectivity index (χ4v) is 6.26. The zero-order chi connectivity index (χ0) is 23.9. The first-order valence-electron chi connectivity index (χ1n) is 8.89. The Hall–Kier alpha value is -1.35. The number of fused-ring (bicyclic) bond motifs is 1. The van der Waals surface area contributed by atoms with Crippen molar-refractivity contribution in [3.63, 3.8) is 0 Å². The van der Waals surface area contributed by atoms with E-state index >= 15 is 0 Å². The molecular formula is C16H20NO12P3. The molecule has 2 aromatic rings. The summed E-state index contributed by atoms with van der Waals surface area (Å²) < 4.78 is 53.1. The molecule has 1 saturated heterocycles. The van der Waals surface area contributed by atoms with Gasteiger partial charge in [-0.1, -0.05) is 17.6 Å². The quantitative estimate of drug-likeness (QED) is 0.256. The highest BCUT2D eigenvalue weighted by Crippen LogP contribution is 2.66. The number of aryl methyl sites for hydroxylation is 1. The number of rotatable bonds is 8. The first-order chi connectivity index (χ1) is 14.7. The van der Waals surface area contributed by atoms with Crippen LogP contribution in [0.15, 0.2) is 24.4 Å². The highest BCUT2D eigenvalue weighted by Gasteiger charge is 2.43. The third-order valence-corrected chi connectivity index (χ3v) is 8.28. The second kappa shape index (κ2) is 9.12. The number of nitrogens with zero attached hydrogens (tertiary/aromatic N) is 1. The van der Waals surface area contributed by atoms with Gasteiger partial charge in [0.2, 0.25) is 0 Å². The second-order valence-electron chi connectivity index (χ2n) is 6.93. The van der Waals surface area contributed by atoms with Gasteiger partial charge in [-0.25, -0.2) is 13.7 Å². The summed E-state index contributed by atoms with van der Waals surface area (Å²) in [5.41, 5.74) is 2.35. The molecule has 0 amide bonds. The molecule has 0 saturated carbocycles. The van der Waals surface area contributed by atoms with Crippen LogP contribution in [0.1, 0.15) is 23.8 Å². The SMILES string of the molecule is C#Cc1cn([C@H]2C[C@@H](O)[C@@H](COP(=O)(O)OP(=O)(O)OP(=O)(O)O)O2)c2ccc(C)cc12. The molecule has 2 unspecified atom stereocenters. The second-order valence-corrected chi connectivity index (χ2v) is 11.4. The summed E-state index contributed by atoms with van der Waals surface area (Å²) >= 11 is 0. The minimum atomic E-state index is -5.63. The van der Waals surface area contributed by atoms with Crippen molar-refractivity contribution in [1.82, 2.24) is 4.57 Å². The van der Waals surface area contributed by atoms with Gasteiger partial charge in [-0.2, -0.15) is 8.62 Å². The Morgan fingerprint density at radius 2 is 1.88 bits per heavy atom. The fraction of sp³-hybridized carbons (Fsp3) is 0.375. The topological polar surface area (TPSA) is 194 Å². The van der Waals surface area contributed by atoms with Gasteiger partial charge in [-0.3, -0.25) is 4.52 Å². The average Bonchev–Trinajstić information content (AvgIpc) is 3.16. The van der Waals surface area contributed by atoms with Crippen LogP contribution in [-0.2, 0) is 31.6 Å². The van der Waals surface area contributed by atoms with Gasteiger partial charge in [-0.15, -0.1) is 6.42 Å². The summed E-state index contributed by atoms with van der Waals surface area (Å²) in [7, 11) is -16.5. The minimum absolute atomic E-state index is 0.0755. The molecule has 176 valence electrons. The van der Waals surface area contributed by atoms with Crippen molar-refractivity contribution in [1.29, 1.82) is 0 Å². The number of hydrogen-bond donors (Lipinski definition) is 5. The molecule has 5 atom stereocenters. The number of terminal acetylenes is 1. The van der Waals surface area contributed by atoms with Crippen LogP contribution in [-0.4, -0.2) is 48.1 Å². The van der Waals surface area contributed by atoms with Crippen molar-refractivity contribution >= 4 is 34.4 Å². The molecule has 1 aliphatic rings. The molecule has 0 aliphatic carbocycles. The molecule has 13 nitrogen and oxygen atoms in total. The van der Waals surface area contributed by atoms with Gasteiger partial charge in [0, 0.05) is 23.6 Å². The molecule has 1 aromatic carbocycles. The third kappa shape index (κ3) is 6.16. The Morgan fingerprint density at radius 3 is 2.50 bits per heavy atom. The Bertz CT molecular complexity index is 1200. The molecule has 1 fully saturated rings. The van der Waals surface area contributed by atoms with Crippen molar-refractivity contribution in [3.8, 4) is 12.3 Å². The number of aromatic nitrogens is 1. The van der Waals surface area contributed by atoms with Crippen LogP contribution < -0.4 is 0 Å². The Kier molecular flexibility index (Phi) is 7.21. The molecule has 3 rings (SSSR count). The van der Waals surface area contributed by atoms with Crippen LogP contribution in [0, 0.1) is 19.3 Å². The monoisotopic (exact) mass is 511 g/mol. The maximum absolute atomic E-state index is 11.9. The molecule has 0 spiro atoms. The number of aliphatic hydroxyl groups excluding tert-OH is 1. The van der Waals surface area contributed by atoms with E-state index in [1.54, 1.807) is 10.8 Å². The summed E-state index contributed by atoms with van der Waals surface area (Å²) in [6, 6.07) is 5.61. The van der Waals surface area contributed by atoms with E-state index in [2.05, 4.69) is 19.1 Å². The van der Waals surface area contributed by atoms with Gasteiger partial charge < -0.3 is 34.0 Å². The average molecular weight is 511 g/mol. The molecule has 0 bridgehead atoms. The Balaban J connectivity index is 1.69. The summed E-state index contributed by atoms with van der Waals surface area (Å²) in [6.07, 6.45) is 4.33. The van der Waals surface area contributed by atoms with Crippen molar-refractivity contribution < 1.29 is 56.3 Å². The van der Waals surface area contributed by atoms with Crippen molar-refractivity contribution in [2.75, 3.05) is 6.61 Å². The van der Waals surface area contributed by atoms with Gasteiger partial charge in [0.05, 0.1) is 18.2 Å². The first-order valence-corrected chi connectivity index (χ1v) is 13.4. The zero-order valence-electron chi connectivity index (χ0n) is 16.4. The number of phosphoric acid groups is 3. The Morgan fingerprint density at radius 1 is 1.19 bits per heavy atom. The van der Waals surface area contributed by atoms with Crippen molar-refractivity contribution in [3.05, 3.63) is 35.5 Å². The predicted octanol–water partition coefficient (Wildman–Crippen LogP) is 1.92. The van der Waals surface area contributed by atoms with Gasteiger partial charge in [-0.05, 0) is 19.1 Å². The van der Waals surface area contributed by atoms with E-state index in [0.717, 1.165) is 16.5 Å². The van der Waals surface area contributed by atoms with Crippen molar-refractivity contribution in [2.24, 2.45) is 0 Å². The molecular weight excluding hydrogens is 491 g/mol. The first kappa shape index (κ1) is 25.3. The lowest BCUT2D eigenvalue weighted by molar-refractivity contribution is -0.0420. The highest BCUT2D eigenvalue weighted by atomic mass is 31.3. The largest absolute Gasteiger partial charge is 0.490 e. The summed E-state index contributed by atoms with van der Waals surface area (Å²) in [6.45, 7) is 1.16. The summed E-state index contributed by atoms with van der Waals surface area (Å²) in [5.74, 6) is 2.58. The van der Waals surface area contributed by atoms with E-state index in [9.17, 15) is 28.6 Å². The minimum Gasteiger partial charge on any atom is -0.390 e. The standard InChI is InChI=1S/C16H20NO12P3/c1-3-11-8-17(13-5-4-10(2)6-12(11)13)16-7-14(18)15(27-16)9-26-31(22,23)29-32(24,25)28-30(19,20)21/h1,4-6,8,14-16,18H,7,9H2,2H3,(H,22,23)(H,24,25)(H2,19,20,21)/t14-,15-,16-/m1/s1. The van der Waals surface area contributed by atoms with Crippen LogP contribution in [0.4, 0.5) is 0 Å². The number of phosphoric ester groups is 1. The van der Waals surface area contributed by atoms with E-state index in [4.69, 9.17) is 20.9 Å². The smallest absolute Gasteiger partial charge is 0.390 e. The maximum atomic E-state index is 11.9. The van der Waals surface area contributed by atoms with E-state index in [0.29, 0.717) is 5.56 Å². The fourth-order valence-electron chi connectivity index (χ4n) is 3.23. The van der Waals surface area contributed by atoms with E-state index < -0.39 is 48.5 Å². The number of ether oxygens (including phenoxy) is 1. The zero-order valence-corrected chi connectivity index (χ0v) is 19.1. The molecule has 2 heterocycles. The van der Waals surface area contributed by atoms with E-state index in [1.165, 1.54) is 0 Å². The Labute approximate surface area is 182 Å². The van der Waals surface area contributed by atoms with Crippen LogP contribution in [0.2, 0.25) is 0 Å². The van der Waals surface area contributed by atoms with Gasteiger partial charge in [0.25, 0.3) is 0 Å². The number of benzene rings is 1. The summed E-state index contributed by atoms with van der Waals surface area (Å²) in [5, 5.41) is 11.1. The number of hydrogen-bond acceptors (Lipinski definition) is 8. The number of aliphatic hydroxyl groups is 1. The lowest BCUT2D eigenvalue weighted by Crippen LogP contribution is -2.26. The molecule has 32 heavy (non-hydrogen) atoms. The van der Waals surface area contributed by atoms with Gasteiger partial charge in [0.15, 0.2) is 0 Å². The van der Waals surface area contributed by atoms with Crippen LogP contribution in [0.25, 0.3) is 10.9 Å². The highest BCUT2D eigenvalue weighted by molar-refractivity contribution is 7.66. The molecule has 1 aliphatic heterocycles. The van der Waals surface area contributed by atoms with E-state index in [-0.39, 0.29) is 6.42 Å². The van der Waals surface area contributed by atoms with Gasteiger partial charge in [0.1, 0.15) is 12.3 Å². The molecule has 5 N–H and O–H groups in total. The lowest BCUT2D eigenvalue weighted by atomic mass is 10.1. The maximum Gasteiger partial charge on any atom is 0.490 e.